The van der Waals surface area contributed by atoms with Gasteiger partial charge in [-0.25, -0.2) is 9.78 Å². The lowest BCUT2D eigenvalue weighted by molar-refractivity contribution is 0.0462. The van der Waals surface area contributed by atoms with Gasteiger partial charge in [0.25, 0.3) is 0 Å². The van der Waals surface area contributed by atoms with E-state index in [0.717, 1.165) is 12.1 Å². The molecule has 0 spiro atoms. The number of carbonyl (C=O) groups is 1. The summed E-state index contributed by atoms with van der Waals surface area (Å²) in [6.07, 6.45) is 0.618. The molecule has 0 fully saturated rings. The Morgan fingerprint density at radius 3 is 2.95 bits per heavy atom. The second kappa shape index (κ2) is 6.67. The number of furan rings is 1. The van der Waals surface area contributed by atoms with Crippen LogP contribution in [0.5, 0.6) is 0 Å². The zero-order chi connectivity index (χ0) is 14.5. The Kier molecular flexibility index (Phi) is 4.92. The van der Waals surface area contributed by atoms with Crippen LogP contribution in [0.1, 0.15) is 39.9 Å². The number of aryl methyl sites for hydroxylation is 1. The van der Waals surface area contributed by atoms with Gasteiger partial charge in [0.05, 0.1) is 24.9 Å². The number of hydrogen-bond donors (Lipinski definition) is 0. The topological polar surface area (TPSA) is 61.6 Å². The molecule has 2 aromatic heterocycles. The summed E-state index contributed by atoms with van der Waals surface area (Å²) in [5, 5.41) is 0. The first-order chi connectivity index (χ1) is 9.61. The maximum Gasteiger partial charge on any atom is 0.373 e. The zero-order valence-corrected chi connectivity index (χ0v) is 12.5. The van der Waals surface area contributed by atoms with E-state index in [4.69, 9.17) is 9.15 Å². The Hall–Kier alpha value is -1.66. The molecule has 1 unspecified atom stereocenters. The monoisotopic (exact) mass is 295 g/mol. The molecule has 0 bridgehead atoms. The van der Waals surface area contributed by atoms with Crippen LogP contribution in [-0.2, 0) is 15.9 Å². The number of aromatic nitrogens is 1. The Labute approximate surface area is 121 Å². The maximum absolute atomic E-state index is 11.3. The van der Waals surface area contributed by atoms with Gasteiger partial charge in [0.1, 0.15) is 11.9 Å². The van der Waals surface area contributed by atoms with Crippen molar-refractivity contribution >= 4 is 17.3 Å². The average Bonchev–Trinajstić information content (AvgIpc) is 3.07. The van der Waals surface area contributed by atoms with Crippen molar-refractivity contribution in [1.29, 1.82) is 0 Å². The summed E-state index contributed by atoms with van der Waals surface area (Å²) in [4.78, 5) is 16.7. The van der Waals surface area contributed by atoms with Crippen molar-refractivity contribution in [3.63, 3.8) is 0 Å². The quantitative estimate of drug-likeness (QED) is 0.766. The number of ether oxygens (including phenoxy) is 2. The molecule has 1 atom stereocenters. The van der Waals surface area contributed by atoms with E-state index < -0.39 is 5.97 Å². The standard InChI is InChI=1S/C14H17NO4S/c1-9-13(20-8-15-9)6-7-18-10(2)11-4-5-12(19-11)14(16)17-3/h4-5,8,10H,6-7H2,1-3H3. The molecule has 0 aromatic carbocycles. The fourth-order valence-corrected chi connectivity index (χ4v) is 2.52. The van der Waals surface area contributed by atoms with Crippen LogP contribution in [0.2, 0.25) is 0 Å². The highest BCUT2D eigenvalue weighted by Gasteiger charge is 2.15. The van der Waals surface area contributed by atoms with Crippen LogP contribution in [0.3, 0.4) is 0 Å². The van der Waals surface area contributed by atoms with Gasteiger partial charge >= 0.3 is 5.97 Å². The molecule has 0 saturated carbocycles. The van der Waals surface area contributed by atoms with E-state index in [0.29, 0.717) is 12.4 Å². The van der Waals surface area contributed by atoms with Gasteiger partial charge in [0, 0.05) is 11.3 Å². The van der Waals surface area contributed by atoms with Crippen LogP contribution in [0, 0.1) is 6.92 Å². The van der Waals surface area contributed by atoms with E-state index in [1.54, 1.807) is 23.5 Å². The molecule has 2 heterocycles. The highest BCUT2D eigenvalue weighted by Crippen LogP contribution is 2.21. The molecule has 0 radical (unpaired) electrons. The molecule has 5 nitrogen and oxygen atoms in total. The highest BCUT2D eigenvalue weighted by molar-refractivity contribution is 7.09. The fourth-order valence-electron chi connectivity index (χ4n) is 1.76. The Balaban J connectivity index is 1.85. The van der Waals surface area contributed by atoms with Gasteiger partial charge in [-0.3, -0.25) is 0 Å². The normalized spacial score (nSPS) is 12.3. The van der Waals surface area contributed by atoms with Crippen LogP contribution < -0.4 is 0 Å². The van der Waals surface area contributed by atoms with E-state index >= 15 is 0 Å². The van der Waals surface area contributed by atoms with Crippen LogP contribution >= 0.6 is 11.3 Å². The molecule has 20 heavy (non-hydrogen) atoms. The Morgan fingerprint density at radius 1 is 1.50 bits per heavy atom. The molecule has 2 rings (SSSR count). The van der Waals surface area contributed by atoms with Gasteiger partial charge in [-0.15, -0.1) is 11.3 Å². The van der Waals surface area contributed by atoms with Gasteiger partial charge in [0.15, 0.2) is 0 Å². The lowest BCUT2D eigenvalue weighted by Crippen LogP contribution is -2.03. The number of hydrogen-bond acceptors (Lipinski definition) is 6. The smallest absolute Gasteiger partial charge is 0.373 e. The van der Waals surface area contributed by atoms with Gasteiger partial charge in [0.2, 0.25) is 5.76 Å². The highest BCUT2D eigenvalue weighted by atomic mass is 32.1. The average molecular weight is 295 g/mol. The number of methoxy groups -OCH3 is 1. The maximum atomic E-state index is 11.3. The number of thiazole rings is 1. The molecule has 0 amide bonds. The zero-order valence-electron chi connectivity index (χ0n) is 11.7. The van der Waals surface area contributed by atoms with Crippen LogP contribution in [-0.4, -0.2) is 24.7 Å². The third kappa shape index (κ3) is 3.46. The van der Waals surface area contributed by atoms with E-state index in [2.05, 4.69) is 9.72 Å². The molecule has 0 aliphatic rings. The van der Waals surface area contributed by atoms with E-state index in [1.807, 2.05) is 19.4 Å². The van der Waals surface area contributed by atoms with Crippen LogP contribution in [0.4, 0.5) is 0 Å². The summed E-state index contributed by atoms with van der Waals surface area (Å²) in [5.41, 5.74) is 2.89. The third-order valence-corrected chi connectivity index (χ3v) is 3.95. The molecule has 0 aliphatic heterocycles. The van der Waals surface area contributed by atoms with Crippen molar-refractivity contribution in [3.8, 4) is 0 Å². The molecule has 0 N–H and O–H groups in total. The second-order valence-electron chi connectivity index (χ2n) is 4.32. The first-order valence-corrected chi connectivity index (χ1v) is 7.18. The van der Waals surface area contributed by atoms with Crippen LogP contribution in [0.25, 0.3) is 0 Å². The molecule has 6 heteroatoms. The molecular formula is C14H17NO4S. The number of nitrogens with zero attached hydrogens (tertiary/aromatic N) is 1. The lowest BCUT2D eigenvalue weighted by atomic mass is 10.3. The number of carbonyl (C=O) groups excluding carboxylic acids is 1. The summed E-state index contributed by atoms with van der Waals surface area (Å²) in [7, 11) is 1.32. The van der Waals surface area contributed by atoms with Crippen molar-refractivity contribution in [2.75, 3.05) is 13.7 Å². The second-order valence-corrected chi connectivity index (χ2v) is 5.26. The van der Waals surface area contributed by atoms with E-state index in [1.165, 1.54) is 12.0 Å². The van der Waals surface area contributed by atoms with Crippen molar-refractivity contribution in [2.24, 2.45) is 0 Å². The first-order valence-electron chi connectivity index (χ1n) is 6.30. The third-order valence-electron chi connectivity index (χ3n) is 2.96. The van der Waals surface area contributed by atoms with E-state index in [-0.39, 0.29) is 11.9 Å². The number of rotatable bonds is 6. The SMILES string of the molecule is COC(=O)c1ccc(C(C)OCCc2scnc2C)o1. The number of esters is 1. The van der Waals surface area contributed by atoms with Crippen molar-refractivity contribution < 1.29 is 18.7 Å². The summed E-state index contributed by atoms with van der Waals surface area (Å²) < 4.78 is 15.7. The van der Waals surface area contributed by atoms with Gasteiger partial charge in [-0.05, 0) is 26.0 Å². The summed E-state index contributed by atoms with van der Waals surface area (Å²) in [6, 6.07) is 3.32. The van der Waals surface area contributed by atoms with Crippen molar-refractivity contribution in [3.05, 3.63) is 39.7 Å². The molecule has 2 aromatic rings. The van der Waals surface area contributed by atoms with Crippen molar-refractivity contribution in [2.45, 2.75) is 26.4 Å². The van der Waals surface area contributed by atoms with Gasteiger partial charge < -0.3 is 13.9 Å². The molecular weight excluding hydrogens is 278 g/mol. The summed E-state index contributed by atoms with van der Waals surface area (Å²) >= 11 is 1.63. The first kappa shape index (κ1) is 14.7. The fraction of sp³-hybridized carbons (Fsp3) is 0.429. The van der Waals surface area contributed by atoms with E-state index in [9.17, 15) is 4.79 Å². The predicted molar refractivity (Wildman–Crippen MR) is 75.0 cm³/mol. The minimum atomic E-state index is -0.483. The predicted octanol–water partition coefficient (Wildman–Crippen LogP) is 3.15. The summed E-state index contributed by atoms with van der Waals surface area (Å²) in [5.74, 6) is 0.325. The van der Waals surface area contributed by atoms with Crippen molar-refractivity contribution in [1.82, 2.24) is 4.98 Å². The van der Waals surface area contributed by atoms with Gasteiger partial charge in [-0.2, -0.15) is 0 Å². The van der Waals surface area contributed by atoms with Crippen LogP contribution in [0.15, 0.2) is 22.1 Å². The van der Waals surface area contributed by atoms with Gasteiger partial charge in [-0.1, -0.05) is 0 Å². The lowest BCUT2D eigenvalue weighted by Gasteiger charge is -2.10. The summed E-state index contributed by atoms with van der Waals surface area (Å²) in [6.45, 7) is 4.46. The Morgan fingerprint density at radius 2 is 2.30 bits per heavy atom. The molecule has 108 valence electrons. The molecule has 0 saturated heterocycles. The molecule has 0 aliphatic carbocycles. The largest absolute Gasteiger partial charge is 0.463 e. The Bertz CT molecular complexity index is 575. The minimum absolute atomic E-state index is 0.191. The minimum Gasteiger partial charge on any atom is -0.463 e.